The molecule has 0 aromatic carbocycles. The highest BCUT2D eigenvalue weighted by Gasteiger charge is 2.15. The number of hydrogen-bond acceptors (Lipinski definition) is 4. The summed E-state index contributed by atoms with van der Waals surface area (Å²) in [6, 6.07) is 2.58. The average molecular weight is 256 g/mol. The molecule has 0 fully saturated rings. The van der Waals surface area contributed by atoms with E-state index in [0.29, 0.717) is 0 Å². The van der Waals surface area contributed by atoms with Crippen LogP contribution in [0.5, 0.6) is 0 Å². The van der Waals surface area contributed by atoms with Crippen molar-refractivity contribution in [2.75, 3.05) is 5.32 Å². The number of amides is 1. The van der Waals surface area contributed by atoms with Crippen molar-refractivity contribution in [1.82, 2.24) is 10.2 Å². The topological polar surface area (TPSA) is 108 Å². The van der Waals surface area contributed by atoms with Gasteiger partial charge in [-0.3, -0.25) is 9.89 Å². The Morgan fingerprint density at radius 2 is 2.29 bits per heavy atom. The van der Waals surface area contributed by atoms with E-state index in [-0.39, 0.29) is 22.3 Å². The number of aromatic nitrogens is 2. The van der Waals surface area contributed by atoms with Crippen LogP contribution in [0.25, 0.3) is 0 Å². The van der Waals surface area contributed by atoms with E-state index >= 15 is 0 Å². The van der Waals surface area contributed by atoms with Crippen molar-refractivity contribution in [3.8, 4) is 0 Å². The molecule has 0 saturated heterocycles. The maximum atomic E-state index is 11.6. The van der Waals surface area contributed by atoms with Crippen LogP contribution in [0.3, 0.4) is 0 Å². The maximum Gasteiger partial charge on any atom is 0.353 e. The fraction of sp³-hybridized carbons (Fsp3) is 0. The summed E-state index contributed by atoms with van der Waals surface area (Å²) in [6.07, 6.45) is 1.27. The normalized spacial score (nSPS) is 10.2. The number of H-pyrrole nitrogens is 1. The Morgan fingerprint density at radius 1 is 1.53 bits per heavy atom. The third kappa shape index (κ3) is 2.28. The van der Waals surface area contributed by atoms with Gasteiger partial charge in [0.1, 0.15) is 5.69 Å². The zero-order valence-electron chi connectivity index (χ0n) is 8.23. The van der Waals surface area contributed by atoms with Crippen molar-refractivity contribution in [3.63, 3.8) is 0 Å². The molecule has 2 aromatic heterocycles. The van der Waals surface area contributed by atoms with Crippen molar-refractivity contribution in [3.05, 3.63) is 34.9 Å². The predicted molar refractivity (Wildman–Crippen MR) is 57.2 cm³/mol. The second kappa shape index (κ2) is 4.30. The fourth-order valence-electron chi connectivity index (χ4n) is 1.13. The molecule has 0 spiro atoms. The SMILES string of the molecule is O=C(O)c1cc(NC(=O)c2ccoc2Cl)n[nH]1. The molecule has 88 valence electrons. The van der Waals surface area contributed by atoms with E-state index in [1.54, 1.807) is 0 Å². The molecule has 0 atom stereocenters. The number of furan rings is 1. The second-order valence-corrected chi connectivity index (χ2v) is 3.38. The predicted octanol–water partition coefficient (Wildman–Crippen LogP) is 1.61. The van der Waals surface area contributed by atoms with E-state index < -0.39 is 11.9 Å². The maximum absolute atomic E-state index is 11.6. The van der Waals surface area contributed by atoms with Crippen LogP contribution in [-0.4, -0.2) is 27.2 Å². The minimum absolute atomic E-state index is 0.0449. The molecule has 0 saturated carbocycles. The van der Waals surface area contributed by atoms with Gasteiger partial charge in [0.2, 0.25) is 5.22 Å². The molecule has 0 radical (unpaired) electrons. The highest BCUT2D eigenvalue weighted by atomic mass is 35.5. The smallest absolute Gasteiger partial charge is 0.353 e. The van der Waals surface area contributed by atoms with Crippen molar-refractivity contribution >= 4 is 29.3 Å². The lowest BCUT2D eigenvalue weighted by Crippen LogP contribution is -2.11. The third-order valence-corrected chi connectivity index (χ3v) is 2.21. The monoisotopic (exact) mass is 255 g/mol. The summed E-state index contributed by atoms with van der Waals surface area (Å²) < 4.78 is 4.75. The number of carbonyl (C=O) groups is 2. The van der Waals surface area contributed by atoms with Crippen LogP contribution < -0.4 is 5.32 Å². The molecular weight excluding hydrogens is 250 g/mol. The minimum Gasteiger partial charge on any atom is -0.477 e. The van der Waals surface area contributed by atoms with Crippen LogP contribution in [0.2, 0.25) is 5.22 Å². The quantitative estimate of drug-likeness (QED) is 0.772. The summed E-state index contributed by atoms with van der Waals surface area (Å²) in [5.41, 5.74) is 0.0186. The van der Waals surface area contributed by atoms with Gasteiger partial charge in [-0.05, 0) is 17.7 Å². The van der Waals surface area contributed by atoms with Crippen LogP contribution in [0, 0.1) is 0 Å². The molecule has 0 aliphatic rings. The van der Waals surface area contributed by atoms with Crippen LogP contribution >= 0.6 is 11.6 Å². The third-order valence-electron chi connectivity index (χ3n) is 1.91. The number of aromatic carboxylic acids is 1. The molecule has 3 N–H and O–H groups in total. The zero-order valence-corrected chi connectivity index (χ0v) is 8.99. The zero-order chi connectivity index (χ0) is 12.4. The van der Waals surface area contributed by atoms with Crippen LogP contribution in [0.1, 0.15) is 20.8 Å². The Bertz CT molecular complexity index is 574. The van der Waals surface area contributed by atoms with Gasteiger partial charge in [-0.2, -0.15) is 5.10 Å². The largest absolute Gasteiger partial charge is 0.477 e. The number of carboxylic acid groups (broad SMARTS) is 1. The van der Waals surface area contributed by atoms with E-state index in [0.717, 1.165) is 0 Å². The van der Waals surface area contributed by atoms with Crippen LogP contribution in [0.4, 0.5) is 5.82 Å². The number of anilines is 1. The van der Waals surface area contributed by atoms with Gasteiger partial charge >= 0.3 is 5.97 Å². The molecular formula is C9H6ClN3O4. The Labute approximate surface area is 99.4 Å². The number of carboxylic acids is 1. The van der Waals surface area contributed by atoms with Crippen molar-refractivity contribution < 1.29 is 19.1 Å². The molecule has 0 bridgehead atoms. The first kappa shape index (κ1) is 11.2. The lowest BCUT2D eigenvalue weighted by molar-refractivity contribution is 0.0690. The number of rotatable bonds is 3. The first-order chi connectivity index (χ1) is 8.08. The van der Waals surface area contributed by atoms with Gasteiger partial charge < -0.3 is 14.8 Å². The molecule has 2 rings (SSSR count). The Balaban J connectivity index is 2.13. The van der Waals surface area contributed by atoms with Crippen molar-refractivity contribution in [2.24, 2.45) is 0 Å². The average Bonchev–Trinajstić information content (AvgIpc) is 2.86. The summed E-state index contributed by atoms with van der Waals surface area (Å²) in [5.74, 6) is -1.61. The van der Waals surface area contributed by atoms with E-state index in [1.165, 1.54) is 18.4 Å². The van der Waals surface area contributed by atoms with Crippen LogP contribution in [-0.2, 0) is 0 Å². The summed E-state index contributed by atoms with van der Waals surface area (Å²) >= 11 is 5.61. The first-order valence-electron chi connectivity index (χ1n) is 4.41. The second-order valence-electron chi connectivity index (χ2n) is 3.03. The van der Waals surface area contributed by atoms with Crippen molar-refractivity contribution in [2.45, 2.75) is 0 Å². The van der Waals surface area contributed by atoms with Crippen molar-refractivity contribution in [1.29, 1.82) is 0 Å². The minimum atomic E-state index is -1.17. The lowest BCUT2D eigenvalue weighted by atomic mass is 10.3. The highest BCUT2D eigenvalue weighted by Crippen LogP contribution is 2.18. The number of hydrogen-bond donors (Lipinski definition) is 3. The molecule has 0 unspecified atom stereocenters. The summed E-state index contributed by atoms with van der Waals surface area (Å²) in [6.45, 7) is 0. The number of halogens is 1. The fourth-order valence-corrected chi connectivity index (χ4v) is 1.33. The van der Waals surface area contributed by atoms with Gasteiger partial charge in [-0.15, -0.1) is 0 Å². The molecule has 0 aliphatic carbocycles. The summed E-state index contributed by atoms with van der Waals surface area (Å²) in [4.78, 5) is 22.2. The Kier molecular flexibility index (Phi) is 2.84. The Hall–Kier alpha value is -2.28. The number of carbonyl (C=O) groups excluding carboxylic acids is 1. The summed E-state index contributed by atoms with van der Waals surface area (Å²) in [5, 5.41) is 16.8. The van der Waals surface area contributed by atoms with Gasteiger partial charge in [-0.25, -0.2) is 4.79 Å². The van der Waals surface area contributed by atoms with E-state index in [4.69, 9.17) is 21.1 Å². The highest BCUT2D eigenvalue weighted by molar-refractivity contribution is 6.32. The first-order valence-corrected chi connectivity index (χ1v) is 4.79. The number of nitrogens with zero attached hydrogens (tertiary/aromatic N) is 1. The molecule has 7 nitrogen and oxygen atoms in total. The standard InChI is InChI=1S/C9H6ClN3O4/c10-7-4(1-2-17-7)8(14)11-6-3-5(9(15)16)12-13-6/h1-3H,(H,15,16)(H2,11,12,13,14). The molecule has 8 heteroatoms. The van der Waals surface area contributed by atoms with Crippen LogP contribution in [0.15, 0.2) is 22.8 Å². The molecule has 2 heterocycles. The van der Waals surface area contributed by atoms with E-state index in [1.807, 2.05) is 0 Å². The van der Waals surface area contributed by atoms with E-state index in [9.17, 15) is 9.59 Å². The lowest BCUT2D eigenvalue weighted by Gasteiger charge is -1.97. The number of nitrogens with one attached hydrogen (secondary N) is 2. The Morgan fingerprint density at radius 3 is 2.82 bits per heavy atom. The van der Waals surface area contributed by atoms with Gasteiger partial charge in [0.05, 0.1) is 11.8 Å². The molecule has 1 amide bonds. The molecule has 0 aliphatic heterocycles. The van der Waals surface area contributed by atoms with Gasteiger partial charge in [0, 0.05) is 6.07 Å². The van der Waals surface area contributed by atoms with E-state index in [2.05, 4.69) is 15.5 Å². The van der Waals surface area contributed by atoms with Gasteiger partial charge in [0.25, 0.3) is 5.91 Å². The van der Waals surface area contributed by atoms with Gasteiger partial charge in [0.15, 0.2) is 5.82 Å². The summed E-state index contributed by atoms with van der Waals surface area (Å²) in [7, 11) is 0. The van der Waals surface area contributed by atoms with Gasteiger partial charge in [-0.1, -0.05) is 0 Å². The molecule has 2 aromatic rings. The molecule has 17 heavy (non-hydrogen) atoms. The number of aromatic amines is 1.